The molecule has 0 bridgehead atoms. The van der Waals surface area contributed by atoms with E-state index in [4.69, 9.17) is 9.47 Å². The summed E-state index contributed by atoms with van der Waals surface area (Å²) in [7, 11) is 1.71. The molecule has 3 heterocycles. The molecule has 7 heteroatoms. The number of piperazine rings is 1. The van der Waals surface area contributed by atoms with E-state index in [2.05, 4.69) is 26.2 Å². The number of nitrogens with zero attached hydrogens (tertiary/aromatic N) is 3. The van der Waals surface area contributed by atoms with Crippen LogP contribution in [0.4, 0.5) is 17.2 Å². The van der Waals surface area contributed by atoms with Crippen molar-refractivity contribution >= 4 is 23.1 Å². The first kappa shape index (κ1) is 19.5. The lowest BCUT2D eigenvalue weighted by Gasteiger charge is -2.37. The molecule has 0 saturated carbocycles. The van der Waals surface area contributed by atoms with Crippen LogP contribution in [-0.2, 0) is 9.53 Å². The van der Waals surface area contributed by atoms with E-state index in [9.17, 15) is 4.79 Å². The van der Waals surface area contributed by atoms with Crippen LogP contribution in [0.5, 0.6) is 5.75 Å². The summed E-state index contributed by atoms with van der Waals surface area (Å²) in [5.74, 6) is 1.58. The number of benzene rings is 1. The van der Waals surface area contributed by atoms with E-state index in [-0.39, 0.29) is 11.8 Å². The molecule has 0 spiro atoms. The summed E-state index contributed by atoms with van der Waals surface area (Å²) in [6.45, 7) is 4.98. The van der Waals surface area contributed by atoms with Crippen molar-refractivity contribution in [3.05, 3.63) is 42.6 Å². The van der Waals surface area contributed by atoms with Crippen molar-refractivity contribution < 1.29 is 14.3 Å². The van der Waals surface area contributed by atoms with E-state index in [0.29, 0.717) is 19.0 Å². The number of carbonyl (C=O) groups excluding carboxylic acids is 1. The van der Waals surface area contributed by atoms with E-state index in [1.807, 2.05) is 36.5 Å². The van der Waals surface area contributed by atoms with Gasteiger partial charge in [0.1, 0.15) is 11.6 Å². The summed E-state index contributed by atoms with van der Waals surface area (Å²) in [5.41, 5.74) is 2.22. The summed E-state index contributed by atoms with van der Waals surface area (Å²) in [6.07, 6.45) is 3.40. The van der Waals surface area contributed by atoms with Crippen LogP contribution >= 0.6 is 0 Å². The van der Waals surface area contributed by atoms with E-state index in [0.717, 1.165) is 56.1 Å². The zero-order valence-corrected chi connectivity index (χ0v) is 16.8. The van der Waals surface area contributed by atoms with Crippen molar-refractivity contribution in [1.29, 1.82) is 0 Å². The number of aromatic nitrogens is 1. The van der Waals surface area contributed by atoms with Gasteiger partial charge >= 0.3 is 0 Å². The minimum atomic E-state index is 0.0216. The lowest BCUT2D eigenvalue weighted by molar-refractivity contribution is -0.122. The number of ether oxygens (including phenoxy) is 2. The number of hydrogen-bond acceptors (Lipinski definition) is 6. The highest BCUT2D eigenvalue weighted by Crippen LogP contribution is 2.29. The molecule has 2 aliphatic rings. The molecule has 1 aromatic heterocycles. The van der Waals surface area contributed by atoms with Gasteiger partial charge in [-0.15, -0.1) is 0 Å². The van der Waals surface area contributed by atoms with Crippen LogP contribution in [0.15, 0.2) is 42.6 Å². The summed E-state index contributed by atoms with van der Waals surface area (Å²) >= 11 is 0. The molecular formula is C22H28N4O3. The van der Waals surface area contributed by atoms with Crippen LogP contribution < -0.4 is 19.9 Å². The summed E-state index contributed by atoms with van der Waals surface area (Å²) < 4.78 is 10.8. The van der Waals surface area contributed by atoms with Crippen molar-refractivity contribution in [3.8, 4) is 5.75 Å². The van der Waals surface area contributed by atoms with Crippen LogP contribution in [0.25, 0.3) is 0 Å². The van der Waals surface area contributed by atoms with Gasteiger partial charge in [0.25, 0.3) is 0 Å². The Labute approximate surface area is 171 Å². The SMILES string of the molecule is COc1ccccc1N1CCN(c2ccc(NC(=O)C3CCOCC3)nc2)CC1. The van der Waals surface area contributed by atoms with Gasteiger partial charge in [0.2, 0.25) is 5.91 Å². The van der Waals surface area contributed by atoms with Gasteiger partial charge in [0, 0.05) is 45.3 Å². The fraction of sp³-hybridized carbons (Fsp3) is 0.455. The average molecular weight is 396 g/mol. The molecule has 1 aromatic carbocycles. The van der Waals surface area contributed by atoms with Crippen LogP contribution in [0, 0.1) is 5.92 Å². The van der Waals surface area contributed by atoms with Gasteiger partial charge in [-0.25, -0.2) is 4.98 Å². The Morgan fingerprint density at radius 3 is 2.48 bits per heavy atom. The molecule has 2 aromatic rings. The van der Waals surface area contributed by atoms with Gasteiger partial charge in [0.05, 0.1) is 24.7 Å². The Hall–Kier alpha value is -2.80. The molecule has 1 N–H and O–H groups in total. The number of pyridine rings is 1. The van der Waals surface area contributed by atoms with Gasteiger partial charge in [-0.05, 0) is 37.1 Å². The van der Waals surface area contributed by atoms with E-state index in [1.54, 1.807) is 7.11 Å². The van der Waals surface area contributed by atoms with Crippen molar-refractivity contribution in [2.75, 3.05) is 61.6 Å². The van der Waals surface area contributed by atoms with Crippen LogP contribution in [0.2, 0.25) is 0 Å². The smallest absolute Gasteiger partial charge is 0.228 e. The molecule has 7 nitrogen and oxygen atoms in total. The first-order chi connectivity index (χ1) is 14.2. The Kier molecular flexibility index (Phi) is 6.14. The van der Waals surface area contributed by atoms with Gasteiger partial charge in [-0.1, -0.05) is 12.1 Å². The lowest BCUT2D eigenvalue weighted by atomic mass is 9.99. The number of para-hydroxylation sites is 2. The zero-order valence-electron chi connectivity index (χ0n) is 16.8. The molecule has 2 fully saturated rings. The highest BCUT2D eigenvalue weighted by Gasteiger charge is 2.22. The van der Waals surface area contributed by atoms with E-state index in [1.165, 1.54) is 0 Å². The molecule has 0 atom stereocenters. The van der Waals surface area contributed by atoms with E-state index < -0.39 is 0 Å². The third kappa shape index (κ3) is 4.62. The summed E-state index contributed by atoms with van der Waals surface area (Å²) in [4.78, 5) is 21.5. The second-order valence-corrected chi connectivity index (χ2v) is 7.42. The third-order valence-corrected chi connectivity index (χ3v) is 5.66. The number of methoxy groups -OCH3 is 1. The Morgan fingerprint density at radius 1 is 1.07 bits per heavy atom. The van der Waals surface area contributed by atoms with Crippen molar-refractivity contribution in [2.45, 2.75) is 12.8 Å². The van der Waals surface area contributed by atoms with Crippen LogP contribution in [0.1, 0.15) is 12.8 Å². The first-order valence-corrected chi connectivity index (χ1v) is 10.2. The maximum atomic E-state index is 12.3. The molecule has 0 radical (unpaired) electrons. The fourth-order valence-corrected chi connectivity index (χ4v) is 3.93. The number of nitrogens with one attached hydrogen (secondary N) is 1. The second kappa shape index (κ2) is 9.13. The lowest BCUT2D eigenvalue weighted by Crippen LogP contribution is -2.46. The van der Waals surface area contributed by atoms with Crippen LogP contribution in [-0.4, -0.2) is 57.4 Å². The van der Waals surface area contributed by atoms with Crippen LogP contribution in [0.3, 0.4) is 0 Å². The Bertz CT molecular complexity index is 813. The molecule has 1 amide bonds. The predicted octanol–water partition coefficient (Wildman–Crippen LogP) is 2.78. The molecule has 0 aliphatic carbocycles. The summed E-state index contributed by atoms with van der Waals surface area (Å²) in [5, 5.41) is 2.94. The Morgan fingerprint density at radius 2 is 1.79 bits per heavy atom. The maximum absolute atomic E-state index is 12.3. The van der Waals surface area contributed by atoms with Gasteiger partial charge in [-0.3, -0.25) is 4.79 Å². The summed E-state index contributed by atoms with van der Waals surface area (Å²) in [6, 6.07) is 12.1. The van der Waals surface area contributed by atoms with Gasteiger partial charge < -0.3 is 24.6 Å². The van der Waals surface area contributed by atoms with Crippen molar-refractivity contribution in [3.63, 3.8) is 0 Å². The average Bonchev–Trinajstić information content (AvgIpc) is 2.80. The molecule has 29 heavy (non-hydrogen) atoms. The predicted molar refractivity (Wildman–Crippen MR) is 114 cm³/mol. The molecule has 4 rings (SSSR count). The van der Waals surface area contributed by atoms with E-state index >= 15 is 0 Å². The van der Waals surface area contributed by atoms with Gasteiger partial charge in [-0.2, -0.15) is 0 Å². The third-order valence-electron chi connectivity index (χ3n) is 5.66. The number of anilines is 3. The van der Waals surface area contributed by atoms with Crippen molar-refractivity contribution in [1.82, 2.24) is 4.98 Å². The van der Waals surface area contributed by atoms with Crippen molar-refractivity contribution in [2.24, 2.45) is 5.92 Å². The number of hydrogen-bond donors (Lipinski definition) is 1. The highest BCUT2D eigenvalue weighted by molar-refractivity contribution is 5.91. The van der Waals surface area contributed by atoms with Gasteiger partial charge in [0.15, 0.2) is 0 Å². The minimum absolute atomic E-state index is 0.0216. The Balaban J connectivity index is 1.32. The largest absolute Gasteiger partial charge is 0.495 e. The highest BCUT2D eigenvalue weighted by atomic mass is 16.5. The fourth-order valence-electron chi connectivity index (χ4n) is 3.93. The standard InChI is InChI=1S/C22H28N4O3/c1-28-20-5-3-2-4-19(20)26-12-10-25(11-13-26)18-6-7-21(23-16-18)24-22(27)17-8-14-29-15-9-17/h2-7,16-17H,8-15H2,1H3,(H,23,24,27). The quantitative estimate of drug-likeness (QED) is 0.838. The number of carbonyl (C=O) groups is 1. The molecule has 2 aliphatic heterocycles. The maximum Gasteiger partial charge on any atom is 0.228 e. The first-order valence-electron chi connectivity index (χ1n) is 10.2. The topological polar surface area (TPSA) is 66.9 Å². The minimum Gasteiger partial charge on any atom is -0.495 e. The zero-order chi connectivity index (χ0) is 20.1. The second-order valence-electron chi connectivity index (χ2n) is 7.42. The molecule has 0 unspecified atom stereocenters. The molecule has 2 saturated heterocycles. The molecule has 154 valence electrons. The number of amides is 1. The number of rotatable bonds is 5. The normalized spacial score (nSPS) is 17.8. The monoisotopic (exact) mass is 396 g/mol. The molecular weight excluding hydrogens is 368 g/mol.